The van der Waals surface area contributed by atoms with Gasteiger partial charge in [0, 0.05) is 36.4 Å². The van der Waals surface area contributed by atoms with Crippen molar-refractivity contribution in [1.29, 1.82) is 0 Å². The summed E-state index contributed by atoms with van der Waals surface area (Å²) in [4.78, 5) is 132. The van der Waals surface area contributed by atoms with Gasteiger partial charge in [-0.25, -0.2) is 24.9 Å². The second-order valence-electron chi connectivity index (χ2n) is 20.6. The molecule has 34 heteroatoms. The first-order valence-corrected chi connectivity index (χ1v) is 30.3. The molecule has 30 nitrogen and oxygen atoms in total. The number of aryl methyl sites for hydroxylation is 7. The van der Waals surface area contributed by atoms with Gasteiger partial charge in [-0.2, -0.15) is 53.0 Å². The monoisotopic (exact) mass is 1370 g/mol. The second-order valence-corrected chi connectivity index (χ2v) is 21.7. The van der Waals surface area contributed by atoms with Crippen LogP contribution in [0, 0.1) is 48.5 Å². The number of pyridine rings is 5. The van der Waals surface area contributed by atoms with Crippen LogP contribution in [0.15, 0.2) is 145 Å². The number of carbonyl (C=O) groups is 5. The third kappa shape index (κ3) is 19.3. The number of nitrogens with one attached hydrogen (secondary N) is 4. The van der Waals surface area contributed by atoms with Crippen molar-refractivity contribution in [2.75, 3.05) is 35.5 Å². The van der Waals surface area contributed by atoms with Gasteiger partial charge in [0.1, 0.15) is 74.6 Å². The first-order chi connectivity index (χ1) is 47.9. The molecule has 0 radical (unpaired) electrons. The Balaban J connectivity index is 0.000000156. The van der Waals surface area contributed by atoms with Crippen LogP contribution in [0.5, 0.6) is 11.5 Å². The largest absolute Gasteiger partial charge is 0.497 e. The summed E-state index contributed by atoms with van der Waals surface area (Å²) in [5, 5.41) is 14.2. The normalized spacial score (nSPS) is 10.7. The lowest BCUT2D eigenvalue weighted by atomic mass is 10.1. The van der Waals surface area contributed by atoms with Crippen LogP contribution in [0.25, 0.3) is 46.1 Å². The first kappa shape index (κ1) is 71.2. The Labute approximate surface area is 570 Å². The van der Waals surface area contributed by atoms with Crippen LogP contribution in [0.2, 0.25) is 0 Å². The van der Waals surface area contributed by atoms with E-state index in [9.17, 15) is 37.1 Å². The fourth-order valence-corrected chi connectivity index (χ4v) is 9.41. The highest BCUT2D eigenvalue weighted by Crippen LogP contribution is 2.29. The molecule has 0 saturated carbocycles. The molecule has 12 rings (SSSR count). The lowest BCUT2D eigenvalue weighted by molar-refractivity contribution is -0.141. The van der Waals surface area contributed by atoms with E-state index < -0.39 is 17.8 Å². The maximum atomic E-state index is 12.7. The molecule has 4 amide bonds. The van der Waals surface area contributed by atoms with Crippen molar-refractivity contribution in [3.63, 3.8) is 0 Å². The molecule has 506 valence electrons. The molecule has 0 unspecified atom stereocenters. The highest BCUT2D eigenvalue weighted by atomic mass is 32.1. The molecule has 0 aliphatic rings. The zero-order valence-electron chi connectivity index (χ0n) is 54.6. The average molecular weight is 1380 g/mol. The van der Waals surface area contributed by atoms with E-state index in [2.05, 4.69) is 111 Å². The lowest BCUT2D eigenvalue weighted by Gasteiger charge is -2.10. The van der Waals surface area contributed by atoms with Gasteiger partial charge < -0.3 is 14.0 Å². The van der Waals surface area contributed by atoms with Crippen molar-refractivity contribution < 1.29 is 51.1 Å². The fraction of sp³-hybridized carbons (Fsp3) is 0.167. The van der Waals surface area contributed by atoms with Crippen molar-refractivity contribution in [3.05, 3.63) is 213 Å². The number of hydrogen-bond acceptors (Lipinski definition) is 27. The van der Waals surface area contributed by atoms with Gasteiger partial charge in [0.2, 0.25) is 23.8 Å². The molecular formula is C66H57F3N22O8S. The SMILES string of the molecule is CC(=O)c1ccc(C(=O)Nc2nc(C)nc(-c3ccccn3)n2)s1.COc1cc(OC)cc(C(=O)Nc2nc(C)nc(-c3ccccn3)n2)c1.Cc1nc(NC(=O)c2c(C)noc2C)nc(-c2ccccn2)n1.Cc1nc(NC(=O)c2ccc(C(F)(F)F)nc2C)nc(-c2ccccn2)n1. The molecule has 0 fully saturated rings. The first-order valence-electron chi connectivity index (χ1n) is 29.5. The summed E-state index contributed by atoms with van der Waals surface area (Å²) < 4.78 is 53.5. The topological polar surface area (TPSA) is 397 Å². The molecule has 0 aliphatic heterocycles. The number of ether oxygens (including phenoxy) is 2. The number of amides is 4. The molecule has 0 saturated heterocycles. The van der Waals surface area contributed by atoms with Crippen molar-refractivity contribution in [2.24, 2.45) is 0 Å². The molecule has 0 spiro atoms. The molecule has 12 aromatic rings. The predicted octanol–water partition coefficient (Wildman–Crippen LogP) is 10.6. The Morgan fingerprint density at radius 3 is 1.16 bits per heavy atom. The van der Waals surface area contributed by atoms with Gasteiger partial charge in [-0.3, -0.25) is 65.2 Å². The smallest absolute Gasteiger partial charge is 0.433 e. The van der Waals surface area contributed by atoms with Crippen LogP contribution in [0.3, 0.4) is 0 Å². The molecule has 0 atom stereocenters. The Hall–Kier alpha value is -13.1. The molecule has 100 heavy (non-hydrogen) atoms. The van der Waals surface area contributed by atoms with E-state index in [1.807, 2.05) is 18.2 Å². The van der Waals surface area contributed by atoms with E-state index in [4.69, 9.17) is 14.0 Å². The van der Waals surface area contributed by atoms with E-state index in [1.54, 1.807) is 151 Å². The Morgan fingerprint density at radius 1 is 0.430 bits per heavy atom. The Kier molecular flexibility index (Phi) is 23.2. The number of ketones is 1. The predicted molar refractivity (Wildman–Crippen MR) is 357 cm³/mol. The van der Waals surface area contributed by atoms with Crippen LogP contribution in [-0.4, -0.2) is 134 Å². The third-order valence-electron chi connectivity index (χ3n) is 13.1. The standard InChI is InChI=1S/C18H17N5O3.C17H13F3N6O.C16H13N5O2S.C15H14N6O2/c1-11-20-16(15-6-4-5-7-19-15)22-18(21-11)23-17(24)12-8-13(25-2)10-14(9-12)26-3;1-9-11(6-7-13(22-9)17(18,19)20)15(27)26-16-24-10(2)23-14(25-16)12-5-3-4-8-21-12;1-9(22)12-6-7-13(24-12)15(23)21-16-19-10(2)18-14(20-16)11-5-3-4-8-17-11;1-8-12(9(2)23-21-8)14(22)20-15-18-10(3)17-13(19-15)11-6-4-5-7-16-11/h4-10H,1-3H3,(H,20,21,22,23,24);3-8H,1-2H3,(H,23,24,25,26,27);3-8H,1-2H3,(H,18,19,20,21,23);4-7H,1-3H3,(H,17,18,19,20,22). The van der Waals surface area contributed by atoms with Gasteiger partial charge >= 0.3 is 6.18 Å². The zero-order valence-corrected chi connectivity index (χ0v) is 55.5. The number of anilines is 4. The minimum Gasteiger partial charge on any atom is -0.497 e. The highest BCUT2D eigenvalue weighted by Gasteiger charge is 2.33. The van der Waals surface area contributed by atoms with Gasteiger partial charge in [0.25, 0.3) is 23.6 Å². The summed E-state index contributed by atoms with van der Waals surface area (Å²) in [7, 11) is 3.04. The highest BCUT2D eigenvalue weighted by molar-refractivity contribution is 7.16. The van der Waals surface area contributed by atoms with Gasteiger partial charge in [0.05, 0.1) is 40.9 Å². The van der Waals surface area contributed by atoms with Gasteiger partial charge in [-0.1, -0.05) is 29.4 Å². The maximum Gasteiger partial charge on any atom is 0.433 e. The van der Waals surface area contributed by atoms with Crippen LogP contribution in [-0.2, 0) is 6.18 Å². The van der Waals surface area contributed by atoms with E-state index >= 15 is 0 Å². The number of nitrogens with zero attached hydrogens (tertiary/aromatic N) is 18. The van der Waals surface area contributed by atoms with E-state index in [1.165, 1.54) is 28.1 Å². The molecule has 11 heterocycles. The van der Waals surface area contributed by atoms with Crippen molar-refractivity contribution >= 4 is 64.5 Å². The number of carbonyl (C=O) groups excluding carboxylic acids is 5. The molecule has 4 N–H and O–H groups in total. The van der Waals surface area contributed by atoms with E-state index in [0.717, 1.165) is 23.5 Å². The molecule has 11 aromatic heterocycles. The zero-order chi connectivity index (χ0) is 71.6. The lowest BCUT2D eigenvalue weighted by Crippen LogP contribution is -2.18. The van der Waals surface area contributed by atoms with Gasteiger partial charge in [0.15, 0.2) is 29.1 Å². The molecule has 0 bridgehead atoms. The number of Topliss-reactive ketones (excluding diaryl/α,β-unsaturated/α-hetero) is 1. The van der Waals surface area contributed by atoms with E-state index in [0.29, 0.717) is 107 Å². The fourth-order valence-electron chi connectivity index (χ4n) is 8.61. The van der Waals surface area contributed by atoms with E-state index in [-0.39, 0.29) is 64.4 Å². The number of alkyl halides is 3. The number of benzene rings is 1. The molecular weight excluding hydrogens is 1320 g/mol. The summed E-state index contributed by atoms with van der Waals surface area (Å²) in [6, 6.07) is 31.4. The maximum absolute atomic E-state index is 12.7. The summed E-state index contributed by atoms with van der Waals surface area (Å²) in [5.74, 6) is 3.18. The number of hydrogen-bond donors (Lipinski definition) is 4. The number of thiophene rings is 1. The minimum absolute atomic E-state index is 0.0135. The number of aromatic nitrogens is 18. The molecule has 1 aromatic carbocycles. The average Bonchev–Trinajstić information content (AvgIpc) is 1.16. The van der Waals surface area contributed by atoms with Gasteiger partial charge in [-0.15, -0.1) is 11.3 Å². The number of methoxy groups -OCH3 is 2. The van der Waals surface area contributed by atoms with Crippen LogP contribution in [0.1, 0.15) is 103 Å². The second kappa shape index (κ2) is 32.5. The summed E-state index contributed by atoms with van der Waals surface area (Å²) >= 11 is 1.13. The van der Waals surface area contributed by atoms with Crippen LogP contribution < -0.4 is 30.7 Å². The summed E-state index contributed by atoms with van der Waals surface area (Å²) in [6.07, 6.45) is 1.93. The summed E-state index contributed by atoms with van der Waals surface area (Å²) in [6.45, 7) is 12.9. The van der Waals surface area contributed by atoms with Crippen molar-refractivity contribution in [1.82, 2.24) is 89.9 Å². The van der Waals surface area contributed by atoms with Crippen molar-refractivity contribution in [3.8, 4) is 57.6 Å². The minimum atomic E-state index is -4.58. The van der Waals surface area contributed by atoms with Crippen LogP contribution >= 0.6 is 11.3 Å². The number of halogens is 3. The number of rotatable bonds is 15. The van der Waals surface area contributed by atoms with Crippen molar-refractivity contribution in [2.45, 2.75) is 61.6 Å². The molecule has 0 aliphatic carbocycles. The Morgan fingerprint density at radius 2 is 0.820 bits per heavy atom. The van der Waals surface area contributed by atoms with Crippen LogP contribution in [0.4, 0.5) is 37.0 Å². The Bertz CT molecular complexity index is 4880. The third-order valence-corrected chi connectivity index (χ3v) is 14.3. The van der Waals surface area contributed by atoms with Gasteiger partial charge in [-0.05, 0) is 140 Å². The quantitative estimate of drug-likeness (QED) is 0.0693. The summed E-state index contributed by atoms with van der Waals surface area (Å²) in [5.41, 5.74) is 2.39.